The van der Waals surface area contributed by atoms with Crippen molar-refractivity contribution in [2.24, 2.45) is 14.1 Å². The summed E-state index contributed by atoms with van der Waals surface area (Å²) >= 11 is 0. The van der Waals surface area contributed by atoms with Crippen LogP contribution in [0, 0.1) is 0 Å². The summed E-state index contributed by atoms with van der Waals surface area (Å²) in [5, 5.41) is 9.16. The van der Waals surface area contributed by atoms with Crippen LogP contribution in [0.5, 0.6) is 0 Å². The van der Waals surface area contributed by atoms with E-state index in [4.69, 9.17) is 5.11 Å². The standard InChI is InChI=1S/C16H18N4O4/c1-9(2)13-11(15(22)23)7-17-12(18-13)6-5-10-8-19(3)16(24)20(4)14(10)21/h5-9H,1-4H3,(H,22,23). The Bertz CT molecular complexity index is 938. The molecule has 2 aromatic heterocycles. The monoisotopic (exact) mass is 330 g/mol. The van der Waals surface area contributed by atoms with E-state index in [1.807, 2.05) is 13.8 Å². The third kappa shape index (κ3) is 3.32. The van der Waals surface area contributed by atoms with Crippen LogP contribution in [0.1, 0.15) is 47.2 Å². The van der Waals surface area contributed by atoms with Crippen LogP contribution in [-0.2, 0) is 14.1 Å². The van der Waals surface area contributed by atoms with Gasteiger partial charge in [0.2, 0.25) is 0 Å². The molecule has 0 bridgehead atoms. The van der Waals surface area contributed by atoms with E-state index >= 15 is 0 Å². The minimum Gasteiger partial charge on any atom is -0.478 e. The lowest BCUT2D eigenvalue weighted by molar-refractivity contribution is 0.0694. The molecule has 0 fully saturated rings. The first-order valence-electron chi connectivity index (χ1n) is 7.27. The van der Waals surface area contributed by atoms with Gasteiger partial charge in [0.15, 0.2) is 5.82 Å². The van der Waals surface area contributed by atoms with E-state index in [1.165, 1.54) is 36.2 Å². The van der Waals surface area contributed by atoms with E-state index in [0.29, 0.717) is 17.1 Å². The molecule has 0 aliphatic heterocycles. The quantitative estimate of drug-likeness (QED) is 0.891. The summed E-state index contributed by atoms with van der Waals surface area (Å²) in [5.41, 5.74) is -0.0656. The van der Waals surface area contributed by atoms with Crippen molar-refractivity contribution >= 4 is 18.1 Å². The molecule has 0 saturated heterocycles. The Morgan fingerprint density at radius 3 is 2.50 bits per heavy atom. The average molecular weight is 330 g/mol. The molecular formula is C16H18N4O4. The van der Waals surface area contributed by atoms with Gasteiger partial charge in [0.1, 0.15) is 0 Å². The number of hydrogen-bond acceptors (Lipinski definition) is 5. The van der Waals surface area contributed by atoms with Gasteiger partial charge in [-0.2, -0.15) is 0 Å². The smallest absolute Gasteiger partial charge is 0.339 e. The third-order valence-corrected chi connectivity index (χ3v) is 3.50. The largest absolute Gasteiger partial charge is 0.478 e. The van der Waals surface area contributed by atoms with Crippen molar-refractivity contribution in [3.63, 3.8) is 0 Å². The molecule has 0 saturated carbocycles. The number of aryl methyl sites for hydroxylation is 1. The zero-order valence-corrected chi connectivity index (χ0v) is 13.8. The molecule has 0 unspecified atom stereocenters. The van der Waals surface area contributed by atoms with Gasteiger partial charge in [0, 0.05) is 26.5 Å². The zero-order valence-electron chi connectivity index (χ0n) is 13.8. The van der Waals surface area contributed by atoms with E-state index in [0.717, 1.165) is 4.57 Å². The van der Waals surface area contributed by atoms with Crippen molar-refractivity contribution in [3.05, 3.63) is 55.9 Å². The van der Waals surface area contributed by atoms with Gasteiger partial charge < -0.3 is 9.67 Å². The van der Waals surface area contributed by atoms with Crippen LogP contribution >= 0.6 is 0 Å². The fourth-order valence-electron chi connectivity index (χ4n) is 2.21. The first-order chi connectivity index (χ1) is 11.2. The number of rotatable bonds is 4. The maximum Gasteiger partial charge on any atom is 0.339 e. The molecule has 8 heteroatoms. The Morgan fingerprint density at radius 1 is 1.25 bits per heavy atom. The normalized spacial score (nSPS) is 11.4. The van der Waals surface area contributed by atoms with Gasteiger partial charge >= 0.3 is 11.7 Å². The van der Waals surface area contributed by atoms with E-state index < -0.39 is 17.2 Å². The second-order valence-corrected chi connectivity index (χ2v) is 5.66. The molecule has 2 heterocycles. The van der Waals surface area contributed by atoms with Crippen LogP contribution in [0.4, 0.5) is 0 Å². The Morgan fingerprint density at radius 2 is 1.92 bits per heavy atom. The third-order valence-electron chi connectivity index (χ3n) is 3.50. The molecule has 0 amide bonds. The number of aromatic carboxylic acids is 1. The molecule has 2 aromatic rings. The van der Waals surface area contributed by atoms with Gasteiger partial charge in [-0.3, -0.25) is 9.36 Å². The fraction of sp³-hybridized carbons (Fsp3) is 0.312. The highest BCUT2D eigenvalue weighted by Gasteiger charge is 2.15. The predicted molar refractivity (Wildman–Crippen MR) is 88.9 cm³/mol. The molecular weight excluding hydrogens is 312 g/mol. The van der Waals surface area contributed by atoms with Gasteiger partial charge in [0.05, 0.1) is 16.8 Å². The minimum absolute atomic E-state index is 0.0557. The summed E-state index contributed by atoms with van der Waals surface area (Å²) in [6.07, 6.45) is 5.69. The van der Waals surface area contributed by atoms with Crippen molar-refractivity contribution in [2.45, 2.75) is 19.8 Å². The Labute approximate surface area is 137 Å². The van der Waals surface area contributed by atoms with Crippen molar-refractivity contribution in [3.8, 4) is 0 Å². The van der Waals surface area contributed by atoms with Crippen molar-refractivity contribution in [1.29, 1.82) is 0 Å². The Balaban J connectivity index is 2.47. The van der Waals surface area contributed by atoms with E-state index in [1.54, 1.807) is 7.05 Å². The lowest BCUT2D eigenvalue weighted by atomic mass is 10.1. The second kappa shape index (κ2) is 6.61. The van der Waals surface area contributed by atoms with E-state index in [-0.39, 0.29) is 11.5 Å². The molecule has 0 aromatic carbocycles. The molecule has 8 nitrogen and oxygen atoms in total. The van der Waals surface area contributed by atoms with Crippen molar-refractivity contribution < 1.29 is 9.90 Å². The second-order valence-electron chi connectivity index (χ2n) is 5.66. The number of carboxylic acid groups (broad SMARTS) is 1. The Hall–Kier alpha value is -3.03. The van der Waals surface area contributed by atoms with Gasteiger partial charge in [-0.15, -0.1) is 0 Å². The average Bonchev–Trinajstić information content (AvgIpc) is 2.54. The summed E-state index contributed by atoms with van der Waals surface area (Å²) in [6.45, 7) is 3.68. The van der Waals surface area contributed by atoms with Gasteiger partial charge in [0.25, 0.3) is 5.56 Å². The molecule has 0 radical (unpaired) electrons. The van der Waals surface area contributed by atoms with Gasteiger partial charge in [-0.05, 0) is 18.1 Å². The summed E-state index contributed by atoms with van der Waals surface area (Å²) in [4.78, 5) is 43.2. The maximum atomic E-state index is 12.1. The summed E-state index contributed by atoms with van der Waals surface area (Å²) in [6, 6.07) is 0. The van der Waals surface area contributed by atoms with Crippen LogP contribution in [0.3, 0.4) is 0 Å². The first-order valence-corrected chi connectivity index (χ1v) is 7.27. The van der Waals surface area contributed by atoms with E-state index in [9.17, 15) is 14.4 Å². The van der Waals surface area contributed by atoms with Crippen LogP contribution in [0.15, 0.2) is 22.0 Å². The summed E-state index contributed by atoms with van der Waals surface area (Å²) in [5.74, 6) is -0.877. The van der Waals surface area contributed by atoms with Gasteiger partial charge in [-0.1, -0.05) is 13.8 Å². The number of carboxylic acids is 1. The number of aromatic nitrogens is 4. The van der Waals surface area contributed by atoms with Crippen molar-refractivity contribution in [2.75, 3.05) is 0 Å². The highest BCUT2D eigenvalue weighted by molar-refractivity contribution is 5.88. The molecule has 0 atom stereocenters. The lowest BCUT2D eigenvalue weighted by Crippen LogP contribution is -2.37. The molecule has 0 aliphatic rings. The number of nitrogens with zero attached hydrogens (tertiary/aromatic N) is 4. The maximum absolute atomic E-state index is 12.1. The SMILES string of the molecule is CC(C)c1nc(C=Cc2cn(C)c(=O)n(C)c2=O)ncc1C(=O)O. The highest BCUT2D eigenvalue weighted by atomic mass is 16.4. The minimum atomic E-state index is -1.08. The van der Waals surface area contributed by atoms with Crippen LogP contribution in [0.25, 0.3) is 12.2 Å². The molecule has 1 N–H and O–H groups in total. The van der Waals surface area contributed by atoms with Crippen LogP contribution in [-0.4, -0.2) is 30.2 Å². The zero-order chi connectivity index (χ0) is 18.0. The fourth-order valence-corrected chi connectivity index (χ4v) is 2.21. The van der Waals surface area contributed by atoms with Crippen LogP contribution in [0.2, 0.25) is 0 Å². The molecule has 0 spiro atoms. The molecule has 126 valence electrons. The Kier molecular flexibility index (Phi) is 4.77. The predicted octanol–water partition coefficient (Wildman–Crippen LogP) is 0.866. The van der Waals surface area contributed by atoms with Crippen LogP contribution < -0.4 is 11.2 Å². The van der Waals surface area contributed by atoms with Crippen molar-refractivity contribution in [1.82, 2.24) is 19.1 Å². The summed E-state index contributed by atoms with van der Waals surface area (Å²) < 4.78 is 2.31. The van der Waals surface area contributed by atoms with Gasteiger partial charge in [-0.25, -0.2) is 19.6 Å². The molecule has 24 heavy (non-hydrogen) atoms. The topological polar surface area (TPSA) is 107 Å². The highest BCUT2D eigenvalue weighted by Crippen LogP contribution is 2.17. The molecule has 2 rings (SSSR count). The van der Waals surface area contributed by atoms with E-state index in [2.05, 4.69) is 9.97 Å². The number of hydrogen-bond donors (Lipinski definition) is 1. The summed E-state index contributed by atoms with van der Waals surface area (Å²) in [7, 11) is 2.95. The lowest BCUT2D eigenvalue weighted by Gasteiger charge is -2.08. The number of carbonyl (C=O) groups is 1. The first kappa shape index (κ1) is 17.3. The molecule has 0 aliphatic carbocycles.